The third kappa shape index (κ3) is 3.44. The van der Waals surface area contributed by atoms with Gasteiger partial charge < -0.3 is 0 Å². The highest BCUT2D eigenvalue weighted by atomic mass is 32.2. The predicted octanol–water partition coefficient (Wildman–Crippen LogP) is 1.65. The molecule has 0 aromatic heterocycles. The number of halogens is 1. The fourth-order valence-corrected chi connectivity index (χ4v) is 4.83. The molecule has 2 rings (SSSR count). The van der Waals surface area contributed by atoms with Crippen molar-refractivity contribution in [2.45, 2.75) is 29.6 Å². The number of rotatable bonds is 3. The van der Waals surface area contributed by atoms with Crippen LogP contribution in [0.3, 0.4) is 0 Å². The molecule has 0 spiro atoms. The predicted molar refractivity (Wildman–Crippen MR) is 76.7 cm³/mol. The van der Waals surface area contributed by atoms with Crippen LogP contribution < -0.4 is 0 Å². The summed E-state index contributed by atoms with van der Waals surface area (Å²) in [7, 11) is -7.61. The van der Waals surface area contributed by atoms with Gasteiger partial charge in [0.1, 0.15) is 10.7 Å². The molecule has 1 heterocycles. The number of sulfonamides is 1. The van der Waals surface area contributed by atoms with Crippen LogP contribution in [0.1, 0.15) is 19.8 Å². The van der Waals surface area contributed by atoms with Crippen molar-refractivity contribution in [2.75, 3.05) is 19.3 Å². The fourth-order valence-electron chi connectivity index (χ4n) is 2.42. The van der Waals surface area contributed by atoms with Gasteiger partial charge in [-0.2, -0.15) is 4.31 Å². The van der Waals surface area contributed by atoms with E-state index in [0.717, 1.165) is 30.9 Å². The first-order chi connectivity index (χ1) is 9.62. The third-order valence-corrected chi connectivity index (χ3v) is 6.56. The maximum absolute atomic E-state index is 13.9. The molecule has 8 heteroatoms. The van der Waals surface area contributed by atoms with Crippen LogP contribution in [0.2, 0.25) is 0 Å². The molecule has 1 atom stereocenters. The van der Waals surface area contributed by atoms with Crippen LogP contribution in [0.15, 0.2) is 28.0 Å². The maximum atomic E-state index is 13.9. The van der Waals surface area contributed by atoms with Crippen LogP contribution in [0.4, 0.5) is 4.39 Å². The molecule has 1 unspecified atom stereocenters. The summed E-state index contributed by atoms with van der Waals surface area (Å²) in [6, 6.07) is 2.86. The van der Waals surface area contributed by atoms with E-state index in [4.69, 9.17) is 0 Å². The average molecular weight is 335 g/mol. The lowest BCUT2D eigenvalue weighted by atomic mass is 10.0. The molecule has 1 fully saturated rings. The zero-order chi connectivity index (χ0) is 15.8. The van der Waals surface area contributed by atoms with E-state index in [1.54, 1.807) is 0 Å². The zero-order valence-electron chi connectivity index (χ0n) is 11.9. The van der Waals surface area contributed by atoms with Crippen molar-refractivity contribution in [1.82, 2.24) is 4.31 Å². The van der Waals surface area contributed by atoms with Gasteiger partial charge in [-0.15, -0.1) is 0 Å². The molecule has 5 nitrogen and oxygen atoms in total. The topological polar surface area (TPSA) is 71.5 Å². The van der Waals surface area contributed by atoms with E-state index in [0.29, 0.717) is 19.5 Å². The smallest absolute Gasteiger partial charge is 0.224 e. The Kier molecular flexibility index (Phi) is 4.41. The summed E-state index contributed by atoms with van der Waals surface area (Å²) in [5, 5.41) is 0. The molecular weight excluding hydrogens is 317 g/mol. The van der Waals surface area contributed by atoms with Crippen LogP contribution in [-0.4, -0.2) is 40.5 Å². The minimum Gasteiger partial charge on any atom is -0.224 e. The highest BCUT2D eigenvalue weighted by molar-refractivity contribution is 7.91. The summed E-state index contributed by atoms with van der Waals surface area (Å²) in [4.78, 5) is -0.771. The summed E-state index contributed by atoms with van der Waals surface area (Å²) in [6.07, 6.45) is 2.60. The monoisotopic (exact) mass is 335 g/mol. The van der Waals surface area contributed by atoms with Gasteiger partial charge in [0.05, 0.1) is 4.90 Å². The van der Waals surface area contributed by atoms with Gasteiger partial charge in [0.2, 0.25) is 10.0 Å². The number of hydrogen-bond acceptors (Lipinski definition) is 4. The van der Waals surface area contributed by atoms with Gasteiger partial charge in [-0.05, 0) is 37.0 Å². The lowest BCUT2D eigenvalue weighted by molar-refractivity contribution is 0.280. The second-order valence-corrected chi connectivity index (χ2v) is 9.40. The Balaban J connectivity index is 2.49. The molecule has 0 saturated carbocycles. The molecule has 0 aliphatic carbocycles. The molecular formula is C13H18FNO4S2. The molecule has 1 saturated heterocycles. The minimum atomic E-state index is -4.01. The number of piperidine rings is 1. The zero-order valence-corrected chi connectivity index (χ0v) is 13.5. The molecule has 0 amide bonds. The second kappa shape index (κ2) is 5.66. The normalized spacial score (nSPS) is 21.4. The summed E-state index contributed by atoms with van der Waals surface area (Å²) in [5.41, 5.74) is 0. The van der Waals surface area contributed by atoms with E-state index >= 15 is 0 Å². The van der Waals surface area contributed by atoms with Gasteiger partial charge in [-0.25, -0.2) is 21.2 Å². The standard InChI is InChI=1S/C13H18FNO4S2/c1-10-4-3-7-15(9-10)21(18,19)13-8-11(20(2,16)17)5-6-12(13)14/h5-6,8,10H,3-4,7,9H2,1-2H3. The van der Waals surface area contributed by atoms with Crippen molar-refractivity contribution in [3.63, 3.8) is 0 Å². The first-order valence-corrected chi connectivity index (χ1v) is 9.95. The number of nitrogens with zero attached hydrogens (tertiary/aromatic N) is 1. The number of hydrogen-bond donors (Lipinski definition) is 0. The van der Waals surface area contributed by atoms with Gasteiger partial charge in [0.15, 0.2) is 9.84 Å². The van der Waals surface area contributed by atoms with Gasteiger partial charge in [-0.1, -0.05) is 6.92 Å². The van der Waals surface area contributed by atoms with E-state index in [9.17, 15) is 21.2 Å². The van der Waals surface area contributed by atoms with Gasteiger partial charge >= 0.3 is 0 Å². The summed E-state index contributed by atoms with van der Waals surface area (Å²) >= 11 is 0. The largest absolute Gasteiger partial charge is 0.246 e. The van der Waals surface area contributed by atoms with Crippen molar-refractivity contribution in [1.29, 1.82) is 0 Å². The van der Waals surface area contributed by atoms with E-state index in [1.165, 1.54) is 4.31 Å². The number of sulfone groups is 1. The van der Waals surface area contributed by atoms with E-state index < -0.39 is 30.6 Å². The van der Waals surface area contributed by atoms with Crippen LogP contribution >= 0.6 is 0 Å². The average Bonchev–Trinajstić information content (AvgIpc) is 2.37. The van der Waals surface area contributed by atoms with Crippen molar-refractivity contribution in [2.24, 2.45) is 5.92 Å². The maximum Gasteiger partial charge on any atom is 0.246 e. The van der Waals surface area contributed by atoms with Gasteiger partial charge in [-0.3, -0.25) is 0 Å². The van der Waals surface area contributed by atoms with Crippen molar-refractivity contribution >= 4 is 19.9 Å². The highest BCUT2D eigenvalue weighted by Crippen LogP contribution is 2.26. The third-order valence-electron chi connectivity index (χ3n) is 3.57. The molecule has 1 aliphatic rings. The fraction of sp³-hybridized carbons (Fsp3) is 0.538. The Morgan fingerprint density at radius 3 is 2.48 bits per heavy atom. The molecule has 1 aromatic rings. The Labute approximate surface area is 124 Å². The molecule has 21 heavy (non-hydrogen) atoms. The van der Waals surface area contributed by atoms with E-state index in [-0.39, 0.29) is 10.8 Å². The minimum absolute atomic E-state index is 0.201. The highest BCUT2D eigenvalue weighted by Gasteiger charge is 2.31. The molecule has 1 aliphatic heterocycles. The summed E-state index contributed by atoms with van der Waals surface area (Å²) in [6.45, 7) is 2.59. The van der Waals surface area contributed by atoms with Crippen molar-refractivity contribution in [3.05, 3.63) is 24.0 Å². The van der Waals surface area contributed by atoms with E-state index in [2.05, 4.69) is 0 Å². The SMILES string of the molecule is CC1CCCN(S(=O)(=O)c2cc(S(C)(=O)=O)ccc2F)C1. The van der Waals surface area contributed by atoms with Crippen LogP contribution in [0.5, 0.6) is 0 Å². The Hall–Kier alpha value is -0.990. The molecule has 118 valence electrons. The quantitative estimate of drug-likeness (QED) is 0.788. The number of benzene rings is 1. The van der Waals surface area contributed by atoms with Gasteiger partial charge in [0, 0.05) is 19.3 Å². The Bertz CT molecular complexity index is 743. The van der Waals surface area contributed by atoms with Crippen LogP contribution in [0.25, 0.3) is 0 Å². The lowest BCUT2D eigenvalue weighted by Crippen LogP contribution is -2.39. The van der Waals surface area contributed by atoms with Crippen LogP contribution in [-0.2, 0) is 19.9 Å². The van der Waals surface area contributed by atoms with Gasteiger partial charge in [0.25, 0.3) is 0 Å². The van der Waals surface area contributed by atoms with Crippen LogP contribution in [0, 0.1) is 11.7 Å². The van der Waals surface area contributed by atoms with Crippen molar-refractivity contribution < 1.29 is 21.2 Å². The summed E-state index contributed by atoms with van der Waals surface area (Å²) in [5.74, 6) is -0.727. The summed E-state index contributed by atoms with van der Waals surface area (Å²) < 4.78 is 63.2. The first kappa shape index (κ1) is 16.4. The molecule has 0 radical (unpaired) electrons. The molecule has 1 aromatic carbocycles. The molecule has 0 N–H and O–H groups in total. The molecule has 0 bridgehead atoms. The van der Waals surface area contributed by atoms with Crippen molar-refractivity contribution in [3.8, 4) is 0 Å². The second-order valence-electron chi connectivity index (χ2n) is 5.47. The first-order valence-electron chi connectivity index (χ1n) is 6.62. The Morgan fingerprint density at radius 1 is 1.24 bits per heavy atom. The van der Waals surface area contributed by atoms with E-state index in [1.807, 2.05) is 6.92 Å². The Morgan fingerprint density at radius 2 is 1.90 bits per heavy atom. The lowest BCUT2D eigenvalue weighted by Gasteiger charge is -2.30.